The summed E-state index contributed by atoms with van der Waals surface area (Å²) in [5, 5.41) is 10.1. The number of rotatable bonds is 2. The topological polar surface area (TPSA) is 23.5 Å². The van der Waals surface area contributed by atoms with Crippen molar-refractivity contribution in [3.8, 4) is 0 Å². The average molecular weight is 244 g/mol. The van der Waals surface area contributed by atoms with Crippen molar-refractivity contribution >= 4 is 11.6 Å². The highest BCUT2D eigenvalue weighted by Gasteiger charge is 2.18. The molecular formula is C12H15ClFNO. The Labute approximate surface area is 99.6 Å². The third kappa shape index (κ3) is 2.94. The molecule has 1 saturated heterocycles. The van der Waals surface area contributed by atoms with E-state index < -0.39 is 0 Å². The Balaban J connectivity index is 2.05. The molecule has 1 unspecified atom stereocenters. The summed E-state index contributed by atoms with van der Waals surface area (Å²) >= 11 is 6.00. The number of piperidine rings is 1. The highest BCUT2D eigenvalue weighted by atomic mass is 35.5. The van der Waals surface area contributed by atoms with Crippen molar-refractivity contribution in [3.05, 3.63) is 34.6 Å². The number of aliphatic hydroxyl groups excluding tert-OH is 1. The normalized spacial score (nSPS) is 22.3. The summed E-state index contributed by atoms with van der Waals surface area (Å²) in [5.74, 6) is -0.267. The fraction of sp³-hybridized carbons (Fsp3) is 0.500. The van der Waals surface area contributed by atoms with Crippen LogP contribution >= 0.6 is 11.6 Å². The van der Waals surface area contributed by atoms with E-state index in [2.05, 4.69) is 4.90 Å². The number of aliphatic hydroxyl groups is 1. The molecule has 88 valence electrons. The monoisotopic (exact) mass is 243 g/mol. The predicted molar refractivity (Wildman–Crippen MR) is 61.9 cm³/mol. The van der Waals surface area contributed by atoms with E-state index >= 15 is 0 Å². The van der Waals surface area contributed by atoms with Crippen LogP contribution < -0.4 is 0 Å². The average Bonchev–Trinajstić information content (AvgIpc) is 2.24. The Morgan fingerprint density at radius 1 is 1.50 bits per heavy atom. The van der Waals surface area contributed by atoms with E-state index in [4.69, 9.17) is 11.6 Å². The molecule has 0 amide bonds. The molecule has 2 rings (SSSR count). The molecule has 1 N–H and O–H groups in total. The van der Waals surface area contributed by atoms with Gasteiger partial charge >= 0.3 is 0 Å². The number of hydrogen-bond donors (Lipinski definition) is 1. The SMILES string of the molecule is OC1CCCN(Cc2cc(F)ccc2Cl)C1. The molecular weight excluding hydrogens is 229 g/mol. The first kappa shape index (κ1) is 11.8. The maximum absolute atomic E-state index is 13.1. The molecule has 1 aromatic carbocycles. The van der Waals surface area contributed by atoms with Crippen molar-refractivity contribution in [2.45, 2.75) is 25.5 Å². The lowest BCUT2D eigenvalue weighted by molar-refractivity contribution is 0.0668. The standard InChI is InChI=1S/C12H15ClFNO/c13-12-4-3-10(14)6-9(12)7-15-5-1-2-11(16)8-15/h3-4,6,11,16H,1-2,5,7-8H2. The molecule has 4 heteroatoms. The highest BCUT2D eigenvalue weighted by molar-refractivity contribution is 6.31. The lowest BCUT2D eigenvalue weighted by Gasteiger charge is -2.30. The van der Waals surface area contributed by atoms with Gasteiger partial charge in [0.2, 0.25) is 0 Å². The summed E-state index contributed by atoms with van der Waals surface area (Å²) in [6, 6.07) is 4.40. The van der Waals surface area contributed by atoms with Crippen molar-refractivity contribution in [1.29, 1.82) is 0 Å². The second-order valence-corrected chi connectivity index (χ2v) is 4.67. The molecule has 0 spiro atoms. The summed E-state index contributed by atoms with van der Waals surface area (Å²) in [6.45, 7) is 2.18. The van der Waals surface area contributed by atoms with Gasteiger partial charge in [0, 0.05) is 18.1 Å². The van der Waals surface area contributed by atoms with Crippen molar-refractivity contribution in [2.24, 2.45) is 0 Å². The molecule has 0 bridgehead atoms. The van der Waals surface area contributed by atoms with Crippen LogP contribution in [0.3, 0.4) is 0 Å². The van der Waals surface area contributed by atoms with Gasteiger partial charge < -0.3 is 5.11 Å². The van der Waals surface area contributed by atoms with E-state index in [0.717, 1.165) is 24.9 Å². The largest absolute Gasteiger partial charge is 0.392 e. The minimum atomic E-state index is -0.267. The van der Waals surface area contributed by atoms with E-state index in [9.17, 15) is 9.50 Å². The number of hydrogen-bond acceptors (Lipinski definition) is 2. The first-order chi connectivity index (χ1) is 7.65. The lowest BCUT2D eigenvalue weighted by Crippen LogP contribution is -2.37. The number of halogens is 2. The van der Waals surface area contributed by atoms with Gasteiger partial charge in [-0.25, -0.2) is 4.39 Å². The third-order valence-electron chi connectivity index (χ3n) is 2.88. The summed E-state index contributed by atoms with van der Waals surface area (Å²) in [6.07, 6.45) is 1.57. The zero-order valence-electron chi connectivity index (χ0n) is 9.00. The van der Waals surface area contributed by atoms with Gasteiger partial charge in [-0.1, -0.05) is 11.6 Å². The molecule has 1 heterocycles. The van der Waals surface area contributed by atoms with E-state index in [1.54, 1.807) is 6.07 Å². The van der Waals surface area contributed by atoms with Gasteiger partial charge in [0.1, 0.15) is 5.82 Å². The van der Waals surface area contributed by atoms with Crippen molar-refractivity contribution in [3.63, 3.8) is 0 Å². The first-order valence-electron chi connectivity index (χ1n) is 5.49. The quantitative estimate of drug-likeness (QED) is 0.863. The molecule has 1 aromatic rings. The van der Waals surface area contributed by atoms with Crippen LogP contribution in [0.15, 0.2) is 18.2 Å². The van der Waals surface area contributed by atoms with E-state index in [1.807, 2.05) is 0 Å². The first-order valence-corrected chi connectivity index (χ1v) is 5.87. The zero-order valence-corrected chi connectivity index (χ0v) is 9.75. The molecule has 16 heavy (non-hydrogen) atoms. The molecule has 1 aliphatic rings. The number of likely N-dealkylation sites (tertiary alicyclic amines) is 1. The Morgan fingerprint density at radius 2 is 2.31 bits per heavy atom. The smallest absolute Gasteiger partial charge is 0.123 e. The van der Waals surface area contributed by atoms with Crippen molar-refractivity contribution in [2.75, 3.05) is 13.1 Å². The predicted octanol–water partition coefficient (Wildman–Crippen LogP) is 2.44. The molecule has 1 aliphatic heterocycles. The van der Waals surface area contributed by atoms with Crippen LogP contribution in [0.1, 0.15) is 18.4 Å². The van der Waals surface area contributed by atoms with Crippen LogP contribution in [0.5, 0.6) is 0 Å². The van der Waals surface area contributed by atoms with E-state index in [1.165, 1.54) is 12.1 Å². The zero-order chi connectivity index (χ0) is 11.5. The van der Waals surface area contributed by atoms with E-state index in [-0.39, 0.29) is 11.9 Å². The number of β-amino-alcohol motifs (C(OH)–C–C–N with tert-alkyl or cyclic N) is 1. The molecule has 1 fully saturated rings. The molecule has 1 atom stereocenters. The van der Waals surface area contributed by atoms with Crippen molar-refractivity contribution < 1.29 is 9.50 Å². The molecule has 0 aromatic heterocycles. The van der Waals surface area contributed by atoms with Gasteiger partial charge in [0.25, 0.3) is 0 Å². The number of nitrogens with zero attached hydrogens (tertiary/aromatic N) is 1. The van der Waals surface area contributed by atoms with Crippen LogP contribution in [0, 0.1) is 5.82 Å². The minimum absolute atomic E-state index is 0.263. The third-order valence-corrected chi connectivity index (χ3v) is 3.25. The van der Waals surface area contributed by atoms with Gasteiger partial charge in [-0.05, 0) is 43.1 Å². The van der Waals surface area contributed by atoms with Crippen molar-refractivity contribution in [1.82, 2.24) is 4.90 Å². The second kappa shape index (κ2) is 5.13. The molecule has 0 saturated carbocycles. The van der Waals surface area contributed by atoms with Gasteiger partial charge in [-0.15, -0.1) is 0 Å². The van der Waals surface area contributed by atoms with Gasteiger partial charge in [0.15, 0.2) is 0 Å². The van der Waals surface area contributed by atoms with Gasteiger partial charge in [0.05, 0.1) is 6.10 Å². The minimum Gasteiger partial charge on any atom is -0.392 e. The summed E-state index contributed by atoms with van der Waals surface area (Å²) < 4.78 is 13.1. The summed E-state index contributed by atoms with van der Waals surface area (Å²) in [4.78, 5) is 2.11. The lowest BCUT2D eigenvalue weighted by atomic mass is 10.1. The Kier molecular flexibility index (Phi) is 3.79. The van der Waals surface area contributed by atoms with E-state index in [0.29, 0.717) is 18.1 Å². The van der Waals surface area contributed by atoms with Crippen LogP contribution in [-0.2, 0) is 6.54 Å². The fourth-order valence-corrected chi connectivity index (χ4v) is 2.26. The molecule has 0 aliphatic carbocycles. The van der Waals surface area contributed by atoms with Gasteiger partial charge in [-0.2, -0.15) is 0 Å². The van der Waals surface area contributed by atoms with Crippen LogP contribution in [0.2, 0.25) is 5.02 Å². The number of benzene rings is 1. The van der Waals surface area contributed by atoms with Crippen LogP contribution in [0.25, 0.3) is 0 Å². The van der Waals surface area contributed by atoms with Crippen LogP contribution in [-0.4, -0.2) is 29.2 Å². The fourth-order valence-electron chi connectivity index (χ4n) is 2.08. The maximum Gasteiger partial charge on any atom is 0.123 e. The Hall–Kier alpha value is -0.640. The van der Waals surface area contributed by atoms with Gasteiger partial charge in [-0.3, -0.25) is 4.90 Å². The molecule has 0 radical (unpaired) electrons. The second-order valence-electron chi connectivity index (χ2n) is 4.27. The Bertz CT molecular complexity index is 372. The summed E-state index contributed by atoms with van der Waals surface area (Å²) in [7, 11) is 0. The van der Waals surface area contributed by atoms with Crippen LogP contribution in [0.4, 0.5) is 4.39 Å². The summed E-state index contributed by atoms with van der Waals surface area (Å²) in [5.41, 5.74) is 0.788. The maximum atomic E-state index is 13.1. The Morgan fingerprint density at radius 3 is 3.06 bits per heavy atom. The molecule has 2 nitrogen and oxygen atoms in total. The highest BCUT2D eigenvalue weighted by Crippen LogP contribution is 2.20.